The van der Waals surface area contributed by atoms with Gasteiger partial charge in [0, 0.05) is 37.2 Å². The van der Waals surface area contributed by atoms with Crippen LogP contribution in [0, 0.1) is 0 Å². The van der Waals surface area contributed by atoms with Gasteiger partial charge in [-0.3, -0.25) is 14.7 Å². The molecule has 6 rings (SSSR count). The molecule has 1 saturated heterocycles. The van der Waals surface area contributed by atoms with E-state index >= 15 is 0 Å². The molecule has 3 N–H and O–H groups in total. The van der Waals surface area contributed by atoms with E-state index in [2.05, 4.69) is 10.3 Å². The van der Waals surface area contributed by atoms with Gasteiger partial charge in [-0.05, 0) is 18.9 Å². The number of imidazole rings is 1. The Morgan fingerprint density at radius 3 is 2.71 bits per heavy atom. The largest absolute Gasteiger partial charge is 0.489 e. The van der Waals surface area contributed by atoms with E-state index < -0.39 is 6.17 Å². The number of ether oxygens (including phenoxy) is 3. The third-order valence-corrected chi connectivity index (χ3v) is 6.31. The van der Waals surface area contributed by atoms with E-state index in [1.54, 1.807) is 0 Å². The van der Waals surface area contributed by atoms with E-state index in [0.29, 0.717) is 36.4 Å². The Morgan fingerprint density at radius 1 is 1.12 bits per heavy atom. The van der Waals surface area contributed by atoms with Crippen LogP contribution in [-0.4, -0.2) is 59.2 Å². The Balaban J connectivity index is 1.38. The van der Waals surface area contributed by atoms with E-state index in [1.165, 1.54) is 0 Å². The number of likely N-dealkylation sites (tertiary alicyclic amines) is 1. The number of aliphatic imine (C=N–C) groups is 1. The smallest absolute Gasteiger partial charge is 0.260 e. The number of aromatic nitrogens is 2. The number of nitrogens with two attached hydrogens (primary N) is 1. The number of fused-ring (bicyclic) bond motifs is 4. The number of rotatable bonds is 4. The normalized spacial score (nSPS) is 19.2. The third kappa shape index (κ3) is 3.64. The van der Waals surface area contributed by atoms with E-state index in [9.17, 15) is 4.79 Å². The van der Waals surface area contributed by atoms with Crippen LogP contribution in [0.2, 0.25) is 0 Å². The maximum Gasteiger partial charge on any atom is 0.260 e. The number of hydrogen-bond acceptors (Lipinski definition) is 8. The highest BCUT2D eigenvalue weighted by Gasteiger charge is 2.29. The number of anilines is 1. The van der Waals surface area contributed by atoms with Crippen LogP contribution in [0.1, 0.15) is 31.0 Å². The first kappa shape index (κ1) is 20.6. The summed E-state index contributed by atoms with van der Waals surface area (Å²) in [6.07, 6.45) is 2.38. The fourth-order valence-electron chi connectivity index (χ4n) is 4.66. The number of guanidine groups is 1. The second-order valence-electron chi connectivity index (χ2n) is 8.57. The Morgan fingerprint density at radius 2 is 1.88 bits per heavy atom. The minimum absolute atomic E-state index is 0.00533. The third-order valence-electron chi connectivity index (χ3n) is 6.31. The average molecular weight is 463 g/mol. The van der Waals surface area contributed by atoms with E-state index in [0.717, 1.165) is 48.9 Å². The molecule has 0 unspecified atom stereocenters. The SMILES string of the molecule is NC1=N[C@@H](c2ccccc2OCC(=O)N2CCCC2)n2c(nc3cc4c(cc32)OCCCO4)N1. The van der Waals surface area contributed by atoms with Crippen molar-refractivity contribution in [3.8, 4) is 17.2 Å². The fraction of sp³-hybridized carbons (Fsp3) is 0.375. The molecule has 3 aromatic rings. The van der Waals surface area contributed by atoms with Crippen molar-refractivity contribution in [3.05, 3.63) is 42.0 Å². The molecule has 3 aliphatic heterocycles. The summed E-state index contributed by atoms with van der Waals surface area (Å²) < 4.78 is 19.7. The maximum atomic E-state index is 12.6. The summed E-state index contributed by atoms with van der Waals surface area (Å²) in [4.78, 5) is 23.8. The summed E-state index contributed by atoms with van der Waals surface area (Å²) >= 11 is 0. The molecule has 3 aliphatic rings. The van der Waals surface area contributed by atoms with Crippen LogP contribution in [0.3, 0.4) is 0 Å². The predicted molar refractivity (Wildman–Crippen MR) is 126 cm³/mol. The molecule has 0 aliphatic carbocycles. The minimum Gasteiger partial charge on any atom is -0.489 e. The van der Waals surface area contributed by atoms with Crippen LogP contribution < -0.4 is 25.3 Å². The highest BCUT2D eigenvalue weighted by atomic mass is 16.5. The molecular weight excluding hydrogens is 436 g/mol. The summed E-state index contributed by atoms with van der Waals surface area (Å²) in [6.45, 7) is 2.76. The average Bonchev–Trinajstić information content (AvgIpc) is 3.44. The zero-order chi connectivity index (χ0) is 23.1. The Labute approximate surface area is 196 Å². The fourth-order valence-corrected chi connectivity index (χ4v) is 4.66. The summed E-state index contributed by atoms with van der Waals surface area (Å²) in [5.41, 5.74) is 8.49. The van der Waals surface area contributed by atoms with Crippen molar-refractivity contribution < 1.29 is 19.0 Å². The van der Waals surface area contributed by atoms with Gasteiger partial charge in [0.15, 0.2) is 30.2 Å². The van der Waals surface area contributed by atoms with Crippen LogP contribution in [-0.2, 0) is 4.79 Å². The van der Waals surface area contributed by atoms with Crippen molar-refractivity contribution in [2.45, 2.75) is 25.4 Å². The van der Waals surface area contributed by atoms with Gasteiger partial charge in [-0.25, -0.2) is 9.98 Å². The standard InChI is InChI=1S/C24H26N6O4/c25-23-27-22(15-6-1-2-7-18(15)34-14-21(31)29-8-3-4-9-29)30-17-13-20-19(32-10-5-11-33-20)12-16(17)26-24(30)28-23/h1-2,6-7,12-13,22H,3-5,8-11,14H2,(H3,25,26,27,28)/t22-/m1/s1. The minimum atomic E-state index is -0.524. The molecule has 1 amide bonds. The maximum absolute atomic E-state index is 12.6. The summed E-state index contributed by atoms with van der Waals surface area (Å²) in [5.74, 6) is 2.75. The van der Waals surface area contributed by atoms with Gasteiger partial charge < -0.3 is 24.8 Å². The van der Waals surface area contributed by atoms with Gasteiger partial charge in [0.2, 0.25) is 5.95 Å². The topological polar surface area (TPSA) is 116 Å². The number of carbonyl (C=O) groups is 1. The first-order chi connectivity index (χ1) is 16.7. The predicted octanol–water partition coefficient (Wildman–Crippen LogP) is 2.49. The van der Waals surface area contributed by atoms with Crippen molar-refractivity contribution in [1.29, 1.82) is 0 Å². The first-order valence-electron chi connectivity index (χ1n) is 11.6. The lowest BCUT2D eigenvalue weighted by Gasteiger charge is -2.25. The first-order valence-corrected chi connectivity index (χ1v) is 11.6. The van der Waals surface area contributed by atoms with Crippen LogP contribution in [0.15, 0.2) is 41.4 Å². The number of nitrogens with zero attached hydrogens (tertiary/aromatic N) is 4. The molecule has 0 saturated carbocycles. The molecule has 4 heterocycles. The lowest BCUT2D eigenvalue weighted by atomic mass is 10.1. The van der Waals surface area contributed by atoms with Gasteiger partial charge in [-0.15, -0.1) is 0 Å². The zero-order valence-corrected chi connectivity index (χ0v) is 18.7. The lowest BCUT2D eigenvalue weighted by molar-refractivity contribution is -0.132. The van der Waals surface area contributed by atoms with Crippen molar-refractivity contribution in [1.82, 2.24) is 14.5 Å². The lowest BCUT2D eigenvalue weighted by Crippen LogP contribution is -2.33. The highest BCUT2D eigenvalue weighted by molar-refractivity contribution is 5.95. The molecule has 0 radical (unpaired) electrons. The Bertz CT molecular complexity index is 1280. The van der Waals surface area contributed by atoms with Crippen molar-refractivity contribution in [3.63, 3.8) is 0 Å². The molecule has 0 bridgehead atoms. The summed E-state index contributed by atoms with van der Waals surface area (Å²) in [6, 6.07) is 11.4. The molecule has 34 heavy (non-hydrogen) atoms. The molecule has 2 aromatic carbocycles. The molecule has 176 valence electrons. The molecule has 1 fully saturated rings. The van der Waals surface area contributed by atoms with Gasteiger partial charge in [-0.1, -0.05) is 18.2 Å². The van der Waals surface area contributed by atoms with Gasteiger partial charge in [0.1, 0.15) is 5.75 Å². The van der Waals surface area contributed by atoms with E-state index in [1.807, 2.05) is 45.9 Å². The molecule has 10 heteroatoms. The highest BCUT2D eigenvalue weighted by Crippen LogP contribution is 2.40. The van der Waals surface area contributed by atoms with Crippen molar-refractivity contribution >= 4 is 28.8 Å². The molecule has 1 atom stereocenters. The quantitative estimate of drug-likeness (QED) is 0.612. The number of amides is 1. The summed E-state index contributed by atoms with van der Waals surface area (Å²) in [7, 11) is 0. The van der Waals surface area contributed by atoms with Crippen molar-refractivity contribution in [2.24, 2.45) is 10.7 Å². The van der Waals surface area contributed by atoms with Crippen LogP contribution in [0.4, 0.5) is 5.95 Å². The van der Waals surface area contributed by atoms with Crippen LogP contribution in [0.5, 0.6) is 17.2 Å². The second kappa shape index (κ2) is 8.44. The Hall–Kier alpha value is -3.95. The Kier molecular flexibility index (Phi) is 5.12. The van der Waals surface area contributed by atoms with Crippen molar-refractivity contribution in [2.75, 3.05) is 38.2 Å². The number of hydrogen-bond donors (Lipinski definition) is 2. The molecule has 10 nitrogen and oxygen atoms in total. The van der Waals surface area contributed by atoms with Gasteiger partial charge in [-0.2, -0.15) is 0 Å². The number of nitrogens with one attached hydrogen (secondary N) is 1. The number of carbonyl (C=O) groups excluding carboxylic acids is 1. The van der Waals surface area contributed by atoms with Gasteiger partial charge >= 0.3 is 0 Å². The molecular formula is C24H26N6O4. The second-order valence-corrected chi connectivity index (χ2v) is 8.57. The van der Waals surface area contributed by atoms with Crippen LogP contribution in [0.25, 0.3) is 11.0 Å². The summed E-state index contributed by atoms with van der Waals surface area (Å²) in [5, 5.41) is 3.06. The zero-order valence-electron chi connectivity index (χ0n) is 18.7. The monoisotopic (exact) mass is 462 g/mol. The number of benzene rings is 2. The van der Waals surface area contributed by atoms with E-state index in [-0.39, 0.29) is 18.5 Å². The van der Waals surface area contributed by atoms with Gasteiger partial charge in [0.05, 0.1) is 24.2 Å². The van der Waals surface area contributed by atoms with E-state index in [4.69, 9.17) is 24.9 Å². The van der Waals surface area contributed by atoms with Gasteiger partial charge in [0.25, 0.3) is 5.91 Å². The molecule has 1 aromatic heterocycles. The number of para-hydroxylation sites is 1. The van der Waals surface area contributed by atoms with Crippen LogP contribution >= 0.6 is 0 Å². The molecule has 0 spiro atoms.